The number of benzene rings is 1. The number of nitrogens with zero attached hydrogens (tertiary/aromatic N) is 3. The van der Waals surface area contributed by atoms with Gasteiger partial charge < -0.3 is 15.8 Å². The summed E-state index contributed by atoms with van der Waals surface area (Å²) in [4.78, 5) is 8.68. The van der Waals surface area contributed by atoms with Crippen LogP contribution in [-0.4, -0.2) is 55.5 Å². The molecule has 1 aliphatic heterocycles. The number of anilines is 2. The second-order valence-corrected chi connectivity index (χ2v) is 8.21. The summed E-state index contributed by atoms with van der Waals surface area (Å²) in [6.07, 6.45) is 0.700. The molecule has 0 aliphatic carbocycles. The Morgan fingerprint density at radius 2 is 2.00 bits per heavy atom. The van der Waals surface area contributed by atoms with E-state index < -0.39 is 10.0 Å². The molecule has 0 spiro atoms. The predicted molar refractivity (Wildman–Crippen MR) is 105 cm³/mol. The molecule has 0 unspecified atom stereocenters. The molecule has 1 aliphatic rings. The number of sulfonamides is 1. The van der Waals surface area contributed by atoms with E-state index >= 15 is 0 Å². The highest BCUT2D eigenvalue weighted by atomic mass is 32.2. The monoisotopic (exact) mass is 390 g/mol. The molecule has 2 aromatic rings. The van der Waals surface area contributed by atoms with Crippen molar-refractivity contribution in [2.45, 2.75) is 18.2 Å². The third-order valence-electron chi connectivity index (χ3n) is 4.32. The van der Waals surface area contributed by atoms with Gasteiger partial charge in [0, 0.05) is 31.3 Å². The fourth-order valence-corrected chi connectivity index (χ4v) is 4.32. The Morgan fingerprint density at radius 3 is 2.70 bits per heavy atom. The van der Waals surface area contributed by atoms with Gasteiger partial charge in [0.15, 0.2) is 0 Å². The summed E-state index contributed by atoms with van der Waals surface area (Å²) in [5, 5.41) is 3.13. The Labute approximate surface area is 159 Å². The molecule has 0 amide bonds. The molecule has 8 nitrogen and oxygen atoms in total. The van der Waals surface area contributed by atoms with Crippen molar-refractivity contribution in [2.24, 2.45) is 0 Å². The molecular weight excluding hydrogens is 366 g/mol. The predicted octanol–water partition coefficient (Wildman–Crippen LogP) is 1.69. The number of nitrogens with one attached hydrogen (secondary N) is 1. The van der Waals surface area contributed by atoms with E-state index in [1.54, 1.807) is 24.3 Å². The minimum absolute atomic E-state index is 0.125. The van der Waals surface area contributed by atoms with E-state index in [2.05, 4.69) is 22.2 Å². The third kappa shape index (κ3) is 4.37. The maximum absolute atomic E-state index is 13.0. The lowest BCUT2D eigenvalue weighted by molar-refractivity contribution is 0.0730. The molecule has 3 N–H and O–H groups in total. The van der Waals surface area contributed by atoms with Crippen LogP contribution in [0.1, 0.15) is 12.0 Å². The standard InChI is InChI=1S/C18H24N5O3S/c1-3-6-20-17-12-16(21-18(19)22-17)15-11-14(5-4-13(15)2)27(24,25)23-7-9-26-10-8-23/h4-5,11-12H,1,3,6-10H2,2H3,(H3,19,20,21,22). The van der Waals surface area contributed by atoms with Gasteiger partial charge in [0.25, 0.3) is 0 Å². The summed E-state index contributed by atoms with van der Waals surface area (Å²) in [7, 11) is -3.59. The van der Waals surface area contributed by atoms with Crippen LogP contribution in [0, 0.1) is 13.8 Å². The van der Waals surface area contributed by atoms with Gasteiger partial charge in [0.05, 0.1) is 23.8 Å². The highest BCUT2D eigenvalue weighted by Gasteiger charge is 2.27. The number of aryl methyl sites for hydroxylation is 1. The Bertz CT molecular complexity index is 911. The molecule has 27 heavy (non-hydrogen) atoms. The van der Waals surface area contributed by atoms with Crippen LogP contribution in [0.2, 0.25) is 0 Å². The first-order valence-electron chi connectivity index (χ1n) is 8.78. The molecule has 145 valence electrons. The molecule has 0 bridgehead atoms. The van der Waals surface area contributed by atoms with E-state index in [0.717, 1.165) is 5.56 Å². The van der Waals surface area contributed by atoms with Crippen molar-refractivity contribution >= 4 is 21.8 Å². The number of hydrogen-bond acceptors (Lipinski definition) is 7. The van der Waals surface area contributed by atoms with Crippen LogP contribution in [0.15, 0.2) is 29.2 Å². The van der Waals surface area contributed by atoms with E-state index in [1.807, 2.05) is 6.92 Å². The molecule has 3 rings (SSSR count). The second kappa shape index (κ2) is 8.20. The van der Waals surface area contributed by atoms with Gasteiger partial charge in [-0.1, -0.05) is 13.0 Å². The van der Waals surface area contributed by atoms with E-state index in [0.29, 0.717) is 56.3 Å². The number of ether oxygens (including phenoxy) is 1. The molecule has 1 aromatic heterocycles. The average Bonchev–Trinajstić information content (AvgIpc) is 2.67. The minimum Gasteiger partial charge on any atom is -0.379 e. The van der Waals surface area contributed by atoms with Gasteiger partial charge in [0.1, 0.15) is 5.82 Å². The Morgan fingerprint density at radius 1 is 1.26 bits per heavy atom. The molecule has 1 radical (unpaired) electrons. The van der Waals surface area contributed by atoms with E-state index in [9.17, 15) is 8.42 Å². The summed E-state index contributed by atoms with van der Waals surface area (Å²) in [6.45, 7) is 7.85. The zero-order valence-electron chi connectivity index (χ0n) is 15.3. The number of nitrogen functional groups attached to an aromatic ring is 1. The number of aromatic nitrogens is 2. The van der Waals surface area contributed by atoms with Crippen molar-refractivity contribution in [3.05, 3.63) is 36.8 Å². The van der Waals surface area contributed by atoms with Crippen molar-refractivity contribution in [1.29, 1.82) is 0 Å². The van der Waals surface area contributed by atoms with E-state index in [1.165, 1.54) is 4.31 Å². The zero-order chi connectivity index (χ0) is 19.4. The quantitative estimate of drug-likeness (QED) is 0.772. The molecule has 1 saturated heterocycles. The van der Waals surface area contributed by atoms with Crippen LogP contribution in [0.3, 0.4) is 0 Å². The lowest BCUT2D eigenvalue weighted by atomic mass is 10.1. The fraction of sp³-hybridized carbons (Fsp3) is 0.389. The third-order valence-corrected chi connectivity index (χ3v) is 6.21. The zero-order valence-corrected chi connectivity index (χ0v) is 16.1. The number of rotatable bonds is 6. The van der Waals surface area contributed by atoms with E-state index in [4.69, 9.17) is 10.5 Å². The second-order valence-electron chi connectivity index (χ2n) is 6.27. The molecule has 2 heterocycles. The van der Waals surface area contributed by atoms with Crippen LogP contribution in [0.5, 0.6) is 0 Å². The van der Waals surface area contributed by atoms with Crippen molar-refractivity contribution in [1.82, 2.24) is 14.3 Å². The molecule has 0 atom stereocenters. The van der Waals surface area contributed by atoms with Crippen molar-refractivity contribution < 1.29 is 13.2 Å². The summed E-state index contributed by atoms with van der Waals surface area (Å²) in [6, 6.07) is 6.81. The Hall–Kier alpha value is -2.23. The summed E-state index contributed by atoms with van der Waals surface area (Å²) >= 11 is 0. The van der Waals surface area contributed by atoms with Gasteiger partial charge in [-0.05, 0) is 31.0 Å². The molecule has 9 heteroatoms. The van der Waals surface area contributed by atoms with Crippen LogP contribution >= 0.6 is 0 Å². The first-order chi connectivity index (χ1) is 12.9. The van der Waals surface area contributed by atoms with Crippen LogP contribution in [0.25, 0.3) is 11.3 Å². The smallest absolute Gasteiger partial charge is 0.243 e. The lowest BCUT2D eigenvalue weighted by Gasteiger charge is -2.26. The van der Waals surface area contributed by atoms with Gasteiger partial charge in [-0.3, -0.25) is 0 Å². The van der Waals surface area contributed by atoms with Crippen molar-refractivity contribution in [3.8, 4) is 11.3 Å². The van der Waals surface area contributed by atoms with Crippen molar-refractivity contribution in [2.75, 3.05) is 43.9 Å². The van der Waals surface area contributed by atoms with Gasteiger partial charge in [-0.25, -0.2) is 13.4 Å². The SMILES string of the molecule is [CH2]CCNc1cc(-c2cc(S(=O)(=O)N3CCOCC3)ccc2C)nc(N)n1. The van der Waals surface area contributed by atoms with Crippen LogP contribution in [0.4, 0.5) is 11.8 Å². The molecule has 1 aromatic carbocycles. The van der Waals surface area contributed by atoms with Crippen molar-refractivity contribution in [3.63, 3.8) is 0 Å². The maximum atomic E-state index is 13.0. The summed E-state index contributed by atoms with van der Waals surface area (Å²) < 4.78 is 32.6. The normalized spacial score (nSPS) is 15.6. The van der Waals surface area contributed by atoms with Gasteiger partial charge >= 0.3 is 0 Å². The Kier molecular flexibility index (Phi) is 5.93. The van der Waals surface area contributed by atoms with Crippen LogP contribution < -0.4 is 11.1 Å². The van der Waals surface area contributed by atoms with Crippen LogP contribution in [-0.2, 0) is 14.8 Å². The fourth-order valence-electron chi connectivity index (χ4n) is 2.88. The average molecular weight is 390 g/mol. The first kappa shape index (κ1) is 19.5. The van der Waals surface area contributed by atoms with Gasteiger partial charge in [-0.15, -0.1) is 0 Å². The summed E-state index contributed by atoms with van der Waals surface area (Å²) in [5.74, 6) is 0.710. The van der Waals surface area contributed by atoms with Gasteiger partial charge in [-0.2, -0.15) is 9.29 Å². The minimum atomic E-state index is -3.59. The lowest BCUT2D eigenvalue weighted by Crippen LogP contribution is -2.40. The topological polar surface area (TPSA) is 110 Å². The largest absolute Gasteiger partial charge is 0.379 e. The number of nitrogens with two attached hydrogens (primary N) is 1. The Balaban J connectivity index is 2.00. The summed E-state index contributed by atoms with van der Waals surface area (Å²) in [5.41, 5.74) is 8.02. The van der Waals surface area contributed by atoms with E-state index in [-0.39, 0.29) is 10.8 Å². The molecule has 1 fully saturated rings. The van der Waals surface area contributed by atoms with Gasteiger partial charge in [0.2, 0.25) is 16.0 Å². The molecule has 0 saturated carbocycles. The number of morpholine rings is 1. The number of hydrogen-bond donors (Lipinski definition) is 2. The maximum Gasteiger partial charge on any atom is 0.243 e. The molecular formula is C18H24N5O3S. The highest BCUT2D eigenvalue weighted by molar-refractivity contribution is 7.89. The first-order valence-corrected chi connectivity index (χ1v) is 10.2. The highest BCUT2D eigenvalue weighted by Crippen LogP contribution is 2.28.